The van der Waals surface area contributed by atoms with Crippen molar-refractivity contribution in [2.45, 2.75) is 52.4 Å². The zero-order valence-electron chi connectivity index (χ0n) is 10.2. The summed E-state index contributed by atoms with van der Waals surface area (Å²) in [5.74, 6) is -1.30. The van der Waals surface area contributed by atoms with Crippen molar-refractivity contribution in [2.75, 3.05) is 6.61 Å². The molecule has 0 amide bonds. The van der Waals surface area contributed by atoms with E-state index in [4.69, 9.17) is 9.84 Å². The smallest absolute Gasteiger partial charge is 0.306 e. The van der Waals surface area contributed by atoms with E-state index in [0.29, 0.717) is 32.3 Å². The maximum atomic E-state index is 11.1. The minimum Gasteiger partial charge on any atom is -0.481 e. The molecular formula is C12H22O4. The third-order valence-electron chi connectivity index (χ3n) is 2.39. The van der Waals surface area contributed by atoms with Gasteiger partial charge in [-0.15, -0.1) is 0 Å². The molecule has 0 bridgehead atoms. The molecule has 0 aromatic rings. The Labute approximate surface area is 97.0 Å². The van der Waals surface area contributed by atoms with E-state index in [2.05, 4.69) is 0 Å². The first-order valence-electron chi connectivity index (χ1n) is 6.00. The first kappa shape index (κ1) is 14.9. The normalized spacial score (nSPS) is 12.1. The number of carbonyl (C=O) groups is 2. The predicted molar refractivity (Wildman–Crippen MR) is 61.1 cm³/mol. The number of esters is 1. The minimum atomic E-state index is -0.760. The molecule has 0 rings (SSSR count). The van der Waals surface area contributed by atoms with E-state index in [-0.39, 0.29) is 11.9 Å². The summed E-state index contributed by atoms with van der Waals surface area (Å²) in [5, 5.41) is 8.89. The van der Waals surface area contributed by atoms with Gasteiger partial charge < -0.3 is 9.84 Å². The van der Waals surface area contributed by atoms with Gasteiger partial charge in [0.2, 0.25) is 0 Å². The Morgan fingerprint density at radius 2 is 1.88 bits per heavy atom. The summed E-state index contributed by atoms with van der Waals surface area (Å²) in [5.41, 5.74) is 0. The number of carbonyl (C=O) groups excluding carboxylic acids is 1. The fourth-order valence-electron chi connectivity index (χ4n) is 1.52. The lowest BCUT2D eigenvalue weighted by Gasteiger charge is -2.10. The van der Waals surface area contributed by atoms with Crippen molar-refractivity contribution in [2.24, 2.45) is 5.92 Å². The Balaban J connectivity index is 3.68. The molecule has 0 spiro atoms. The quantitative estimate of drug-likeness (QED) is 0.618. The molecule has 1 unspecified atom stereocenters. The van der Waals surface area contributed by atoms with Crippen LogP contribution >= 0.6 is 0 Å². The third-order valence-corrected chi connectivity index (χ3v) is 2.39. The number of hydrogen-bond acceptors (Lipinski definition) is 3. The summed E-state index contributed by atoms with van der Waals surface area (Å²) in [6.07, 6.45) is 3.84. The van der Waals surface area contributed by atoms with E-state index in [9.17, 15) is 9.59 Å². The Bertz CT molecular complexity index is 213. The van der Waals surface area contributed by atoms with Gasteiger partial charge in [0.25, 0.3) is 0 Å². The van der Waals surface area contributed by atoms with Crippen LogP contribution in [-0.2, 0) is 14.3 Å². The van der Waals surface area contributed by atoms with Gasteiger partial charge in [-0.3, -0.25) is 9.59 Å². The second kappa shape index (κ2) is 9.19. The van der Waals surface area contributed by atoms with Crippen LogP contribution in [0.4, 0.5) is 0 Å². The first-order chi connectivity index (χ1) is 7.61. The van der Waals surface area contributed by atoms with Gasteiger partial charge in [0.05, 0.1) is 12.5 Å². The Hall–Kier alpha value is -1.06. The summed E-state index contributed by atoms with van der Waals surface area (Å²) < 4.78 is 4.91. The van der Waals surface area contributed by atoms with Crippen LogP contribution in [0.3, 0.4) is 0 Å². The van der Waals surface area contributed by atoms with Crippen LogP contribution in [0, 0.1) is 5.92 Å². The molecule has 0 aliphatic heterocycles. The molecule has 1 N–H and O–H groups in total. The zero-order valence-corrected chi connectivity index (χ0v) is 10.2. The van der Waals surface area contributed by atoms with E-state index in [1.165, 1.54) is 0 Å². The number of ether oxygens (including phenoxy) is 1. The summed E-state index contributed by atoms with van der Waals surface area (Å²) >= 11 is 0. The lowest BCUT2D eigenvalue weighted by molar-refractivity contribution is -0.145. The molecule has 0 aliphatic rings. The van der Waals surface area contributed by atoms with Crippen molar-refractivity contribution < 1.29 is 19.4 Å². The van der Waals surface area contributed by atoms with E-state index in [1.807, 2.05) is 13.8 Å². The van der Waals surface area contributed by atoms with E-state index in [1.54, 1.807) is 0 Å². The minimum absolute atomic E-state index is 0.220. The highest BCUT2D eigenvalue weighted by molar-refractivity contribution is 5.71. The van der Waals surface area contributed by atoms with Crippen molar-refractivity contribution in [1.82, 2.24) is 0 Å². The number of rotatable bonds is 9. The van der Waals surface area contributed by atoms with E-state index < -0.39 is 5.97 Å². The molecule has 0 aromatic carbocycles. The largest absolute Gasteiger partial charge is 0.481 e. The summed E-state index contributed by atoms with van der Waals surface area (Å²) in [6.45, 7) is 4.36. The number of carboxylic acid groups (broad SMARTS) is 1. The molecule has 16 heavy (non-hydrogen) atoms. The van der Waals surface area contributed by atoms with Crippen molar-refractivity contribution >= 4 is 11.9 Å². The molecule has 0 heterocycles. The summed E-state index contributed by atoms with van der Waals surface area (Å²) in [4.78, 5) is 22.0. The molecular weight excluding hydrogens is 208 g/mol. The van der Waals surface area contributed by atoms with Gasteiger partial charge in [-0.25, -0.2) is 0 Å². The molecule has 0 aliphatic carbocycles. The molecule has 0 radical (unpaired) electrons. The molecule has 0 saturated carbocycles. The van der Waals surface area contributed by atoms with Gasteiger partial charge in [-0.1, -0.05) is 20.3 Å². The molecule has 0 aromatic heterocycles. The second-order valence-corrected chi connectivity index (χ2v) is 3.94. The van der Waals surface area contributed by atoms with Gasteiger partial charge in [0.15, 0.2) is 0 Å². The fourth-order valence-corrected chi connectivity index (χ4v) is 1.52. The maximum absolute atomic E-state index is 11.1. The second-order valence-electron chi connectivity index (χ2n) is 3.94. The van der Waals surface area contributed by atoms with Crippen LogP contribution < -0.4 is 0 Å². The van der Waals surface area contributed by atoms with Gasteiger partial charge >= 0.3 is 11.9 Å². The van der Waals surface area contributed by atoms with Gasteiger partial charge in [-0.05, 0) is 25.7 Å². The molecule has 0 saturated heterocycles. The summed E-state index contributed by atoms with van der Waals surface area (Å²) in [6, 6.07) is 0. The maximum Gasteiger partial charge on any atom is 0.306 e. The summed E-state index contributed by atoms with van der Waals surface area (Å²) in [7, 11) is 0. The van der Waals surface area contributed by atoms with E-state index in [0.717, 1.165) is 12.8 Å². The Morgan fingerprint density at radius 3 is 2.38 bits per heavy atom. The third kappa shape index (κ3) is 7.26. The van der Waals surface area contributed by atoms with Crippen LogP contribution in [0.15, 0.2) is 0 Å². The van der Waals surface area contributed by atoms with Crippen molar-refractivity contribution in [3.8, 4) is 0 Å². The topological polar surface area (TPSA) is 63.6 Å². The molecule has 94 valence electrons. The van der Waals surface area contributed by atoms with Crippen LogP contribution in [0.2, 0.25) is 0 Å². The SMILES string of the molecule is CCCOC(=O)CCCC(CCC)C(=O)O. The van der Waals surface area contributed by atoms with Crippen LogP contribution in [0.1, 0.15) is 52.4 Å². The van der Waals surface area contributed by atoms with Crippen molar-refractivity contribution in [3.63, 3.8) is 0 Å². The Morgan fingerprint density at radius 1 is 1.19 bits per heavy atom. The average molecular weight is 230 g/mol. The number of hydrogen-bond donors (Lipinski definition) is 1. The standard InChI is InChI=1S/C12H22O4/c1-3-6-10(12(14)15)7-5-8-11(13)16-9-4-2/h10H,3-9H2,1-2H3,(H,14,15). The van der Waals surface area contributed by atoms with Crippen molar-refractivity contribution in [1.29, 1.82) is 0 Å². The van der Waals surface area contributed by atoms with Gasteiger partial charge in [0.1, 0.15) is 0 Å². The lowest BCUT2D eigenvalue weighted by atomic mass is 9.97. The van der Waals surface area contributed by atoms with Gasteiger partial charge in [0, 0.05) is 6.42 Å². The van der Waals surface area contributed by atoms with Gasteiger partial charge in [-0.2, -0.15) is 0 Å². The molecule has 4 heteroatoms. The highest BCUT2D eigenvalue weighted by atomic mass is 16.5. The number of aliphatic carboxylic acids is 1. The van der Waals surface area contributed by atoms with Crippen LogP contribution in [0.5, 0.6) is 0 Å². The fraction of sp³-hybridized carbons (Fsp3) is 0.833. The molecule has 0 fully saturated rings. The lowest BCUT2D eigenvalue weighted by Crippen LogP contribution is -2.14. The zero-order chi connectivity index (χ0) is 12.4. The first-order valence-corrected chi connectivity index (χ1v) is 6.00. The average Bonchev–Trinajstić information content (AvgIpc) is 2.25. The highest BCUT2D eigenvalue weighted by Gasteiger charge is 2.16. The highest BCUT2D eigenvalue weighted by Crippen LogP contribution is 2.15. The number of carboxylic acids is 1. The van der Waals surface area contributed by atoms with Crippen LogP contribution in [-0.4, -0.2) is 23.7 Å². The van der Waals surface area contributed by atoms with Crippen molar-refractivity contribution in [3.05, 3.63) is 0 Å². The van der Waals surface area contributed by atoms with Crippen LogP contribution in [0.25, 0.3) is 0 Å². The predicted octanol–water partition coefficient (Wildman–Crippen LogP) is 2.61. The Kier molecular flexibility index (Phi) is 8.58. The molecule has 1 atom stereocenters. The van der Waals surface area contributed by atoms with E-state index >= 15 is 0 Å². The molecule has 4 nitrogen and oxygen atoms in total. The monoisotopic (exact) mass is 230 g/mol.